The highest BCUT2D eigenvalue weighted by molar-refractivity contribution is 4.62. The lowest BCUT2D eigenvalue weighted by Crippen LogP contribution is -2.23. The highest BCUT2D eigenvalue weighted by atomic mass is 16.3. The number of rotatable bonds is 2. The van der Waals surface area contributed by atoms with Crippen molar-refractivity contribution >= 4 is 0 Å². The third-order valence-corrected chi connectivity index (χ3v) is 2.41. The van der Waals surface area contributed by atoms with Gasteiger partial charge in [-0.1, -0.05) is 25.7 Å². The van der Waals surface area contributed by atoms with Gasteiger partial charge < -0.3 is 0 Å². The largest absolute Gasteiger partial charge is 0.227 e. The first-order valence-electron chi connectivity index (χ1n) is 4.48. The minimum Gasteiger partial charge on any atom is -0.165 e. The molecule has 1 aliphatic carbocycles. The van der Waals surface area contributed by atoms with Crippen molar-refractivity contribution in [2.45, 2.75) is 38.5 Å². The standard InChI is InChI=1S/C8H17N2O/c9-10(11)7-8-5-3-1-2-4-6-8/h8H,1-7H2,(H2,9,11)/q+1. The summed E-state index contributed by atoms with van der Waals surface area (Å²) in [4.78, 5) is 11.1. The Kier molecular flexibility index (Phi) is 3.33. The van der Waals surface area contributed by atoms with Crippen LogP contribution in [0.2, 0.25) is 0 Å². The number of hydrogen-bond acceptors (Lipinski definition) is 1. The van der Waals surface area contributed by atoms with Crippen LogP contribution in [0.1, 0.15) is 38.5 Å². The highest BCUT2D eigenvalue weighted by Crippen LogP contribution is 2.22. The molecule has 0 spiro atoms. The summed E-state index contributed by atoms with van der Waals surface area (Å²) >= 11 is 0. The molecule has 0 atom stereocenters. The molecule has 0 aromatic rings. The molecule has 0 amide bonds. The molecule has 0 saturated heterocycles. The molecule has 0 unspecified atom stereocenters. The summed E-state index contributed by atoms with van der Waals surface area (Å²) in [6.07, 6.45) is 7.60. The summed E-state index contributed by atoms with van der Waals surface area (Å²) in [6, 6.07) is 0. The Bertz CT molecular complexity index is 128. The summed E-state index contributed by atoms with van der Waals surface area (Å²) < 4.78 is 0. The van der Waals surface area contributed by atoms with E-state index < -0.39 is 0 Å². The normalized spacial score (nSPS) is 21.1. The molecule has 11 heavy (non-hydrogen) atoms. The minimum absolute atomic E-state index is 0.528. The maximum absolute atomic E-state index is 10.5. The maximum Gasteiger partial charge on any atom is 0.227 e. The van der Waals surface area contributed by atoms with E-state index in [9.17, 15) is 4.91 Å². The van der Waals surface area contributed by atoms with Gasteiger partial charge in [-0.25, -0.2) is 0 Å². The molecular formula is C8H17N2O+. The molecule has 1 fully saturated rings. The first-order chi connectivity index (χ1) is 5.29. The smallest absolute Gasteiger partial charge is 0.165 e. The Morgan fingerprint density at radius 1 is 1.18 bits per heavy atom. The predicted octanol–water partition coefficient (Wildman–Crippen LogP) is 1.61. The predicted molar refractivity (Wildman–Crippen MR) is 43.9 cm³/mol. The monoisotopic (exact) mass is 157 g/mol. The fourth-order valence-corrected chi connectivity index (χ4v) is 1.80. The SMILES string of the molecule is N[N+](=O)CC1CCCCCC1. The van der Waals surface area contributed by atoms with Gasteiger partial charge in [0, 0.05) is 5.92 Å². The van der Waals surface area contributed by atoms with Gasteiger partial charge in [0.25, 0.3) is 0 Å². The van der Waals surface area contributed by atoms with Gasteiger partial charge in [0.15, 0.2) is 0 Å². The number of nitrogens with two attached hydrogens (primary N) is 1. The van der Waals surface area contributed by atoms with E-state index in [1.54, 1.807) is 0 Å². The first-order valence-corrected chi connectivity index (χ1v) is 4.48. The van der Waals surface area contributed by atoms with E-state index in [-0.39, 0.29) is 0 Å². The Labute approximate surface area is 67.5 Å². The van der Waals surface area contributed by atoms with Crippen molar-refractivity contribution in [2.24, 2.45) is 11.8 Å². The molecule has 0 aliphatic heterocycles. The quantitative estimate of drug-likeness (QED) is 0.286. The molecular weight excluding hydrogens is 140 g/mol. The average Bonchev–Trinajstić information content (AvgIpc) is 2.14. The zero-order valence-electron chi connectivity index (χ0n) is 6.96. The van der Waals surface area contributed by atoms with E-state index >= 15 is 0 Å². The number of nitroso groups, excluding NO2 is 1. The third kappa shape index (κ3) is 3.35. The van der Waals surface area contributed by atoms with E-state index in [1.807, 2.05) is 0 Å². The Morgan fingerprint density at radius 3 is 2.18 bits per heavy atom. The van der Waals surface area contributed by atoms with Crippen molar-refractivity contribution in [3.05, 3.63) is 4.91 Å². The van der Waals surface area contributed by atoms with Crippen LogP contribution < -0.4 is 5.84 Å². The maximum atomic E-state index is 10.5. The molecule has 0 aromatic carbocycles. The second-order valence-corrected chi connectivity index (χ2v) is 3.46. The summed E-state index contributed by atoms with van der Waals surface area (Å²) in [7, 11) is 0. The van der Waals surface area contributed by atoms with Crippen molar-refractivity contribution in [1.29, 1.82) is 0 Å². The second-order valence-electron chi connectivity index (χ2n) is 3.46. The van der Waals surface area contributed by atoms with Gasteiger partial charge in [0.05, 0.1) is 4.91 Å². The van der Waals surface area contributed by atoms with Crippen LogP contribution >= 0.6 is 0 Å². The molecule has 2 N–H and O–H groups in total. The van der Waals surface area contributed by atoms with Gasteiger partial charge in [0.1, 0.15) is 4.87 Å². The lowest BCUT2D eigenvalue weighted by Gasteiger charge is -2.05. The van der Waals surface area contributed by atoms with Crippen LogP contribution in [0.3, 0.4) is 0 Å². The van der Waals surface area contributed by atoms with Crippen molar-refractivity contribution in [3.63, 3.8) is 0 Å². The third-order valence-electron chi connectivity index (χ3n) is 2.41. The summed E-state index contributed by atoms with van der Waals surface area (Å²) in [5, 5.41) is 0. The Morgan fingerprint density at radius 2 is 1.73 bits per heavy atom. The molecule has 3 nitrogen and oxygen atoms in total. The summed E-state index contributed by atoms with van der Waals surface area (Å²) in [6.45, 7) is 0.528. The van der Waals surface area contributed by atoms with Gasteiger partial charge in [-0.3, -0.25) is 0 Å². The number of hydrazine groups is 1. The lowest BCUT2D eigenvalue weighted by atomic mass is 10.0. The zero-order chi connectivity index (χ0) is 8.10. The second kappa shape index (κ2) is 4.31. The van der Waals surface area contributed by atoms with Gasteiger partial charge in [-0.05, 0) is 12.8 Å². The molecule has 0 aromatic heterocycles. The van der Waals surface area contributed by atoms with Crippen molar-refractivity contribution < 1.29 is 4.87 Å². The molecule has 0 bridgehead atoms. The molecule has 1 rings (SSSR count). The van der Waals surface area contributed by atoms with Crippen LogP contribution in [-0.4, -0.2) is 11.4 Å². The van der Waals surface area contributed by atoms with Gasteiger partial charge in [-0.15, -0.1) is 0 Å². The van der Waals surface area contributed by atoms with Gasteiger partial charge in [0.2, 0.25) is 6.54 Å². The average molecular weight is 157 g/mol. The molecule has 1 aliphatic rings. The minimum atomic E-state index is 0.528. The fourth-order valence-electron chi connectivity index (χ4n) is 1.80. The fraction of sp³-hybridized carbons (Fsp3) is 1.00. The van der Waals surface area contributed by atoms with Gasteiger partial charge in [-0.2, -0.15) is 5.84 Å². The van der Waals surface area contributed by atoms with E-state index in [2.05, 4.69) is 0 Å². The van der Waals surface area contributed by atoms with Crippen LogP contribution in [0, 0.1) is 10.8 Å². The summed E-state index contributed by atoms with van der Waals surface area (Å²) in [5.74, 6) is 5.61. The van der Waals surface area contributed by atoms with Crippen LogP contribution in [0.15, 0.2) is 0 Å². The Balaban J connectivity index is 2.25. The van der Waals surface area contributed by atoms with E-state index in [0.29, 0.717) is 17.3 Å². The Hall–Kier alpha value is -0.600. The van der Waals surface area contributed by atoms with Crippen molar-refractivity contribution in [1.82, 2.24) is 0 Å². The highest BCUT2D eigenvalue weighted by Gasteiger charge is 2.18. The van der Waals surface area contributed by atoms with Crippen molar-refractivity contribution in [2.75, 3.05) is 6.54 Å². The van der Waals surface area contributed by atoms with E-state index in [1.165, 1.54) is 38.5 Å². The molecule has 0 radical (unpaired) electrons. The van der Waals surface area contributed by atoms with E-state index in [4.69, 9.17) is 5.84 Å². The first kappa shape index (κ1) is 8.50. The topological polar surface area (TPSA) is 46.1 Å². The number of hydrogen-bond donors (Lipinski definition) is 1. The van der Waals surface area contributed by atoms with E-state index in [0.717, 1.165) is 0 Å². The van der Waals surface area contributed by atoms with Crippen LogP contribution in [0.5, 0.6) is 0 Å². The zero-order valence-corrected chi connectivity index (χ0v) is 6.96. The molecule has 1 saturated carbocycles. The lowest BCUT2D eigenvalue weighted by molar-refractivity contribution is -0.567. The van der Waals surface area contributed by atoms with Crippen molar-refractivity contribution in [3.8, 4) is 0 Å². The molecule has 64 valence electrons. The van der Waals surface area contributed by atoms with Crippen LogP contribution in [-0.2, 0) is 0 Å². The molecule has 3 heteroatoms. The number of nitrogens with zero attached hydrogens (tertiary/aromatic N) is 1. The van der Waals surface area contributed by atoms with Gasteiger partial charge >= 0.3 is 0 Å². The molecule has 0 heterocycles. The van der Waals surface area contributed by atoms with Crippen LogP contribution in [0.25, 0.3) is 0 Å². The van der Waals surface area contributed by atoms with Crippen LogP contribution in [0.4, 0.5) is 0 Å². The summed E-state index contributed by atoms with van der Waals surface area (Å²) in [5.41, 5.74) is 0.